The van der Waals surface area contributed by atoms with Crippen molar-refractivity contribution in [1.82, 2.24) is 4.57 Å². The van der Waals surface area contributed by atoms with E-state index >= 15 is 0 Å². The Bertz CT molecular complexity index is 1460. The summed E-state index contributed by atoms with van der Waals surface area (Å²) in [4.78, 5) is 22.5. The van der Waals surface area contributed by atoms with Crippen molar-refractivity contribution in [2.24, 2.45) is 5.92 Å². The lowest BCUT2D eigenvalue weighted by atomic mass is 10.0. The highest BCUT2D eigenvalue weighted by molar-refractivity contribution is 5.96. The van der Waals surface area contributed by atoms with Crippen LogP contribution in [0.4, 0.5) is 0 Å². The second-order valence-corrected chi connectivity index (χ2v) is 9.91. The van der Waals surface area contributed by atoms with E-state index < -0.39 is 11.9 Å². The van der Waals surface area contributed by atoms with Gasteiger partial charge < -0.3 is 19.5 Å². The van der Waals surface area contributed by atoms with E-state index in [2.05, 4.69) is 24.3 Å². The first-order valence-corrected chi connectivity index (χ1v) is 13.0. The van der Waals surface area contributed by atoms with Crippen LogP contribution in [0.2, 0.25) is 0 Å². The Morgan fingerprint density at radius 2 is 1.63 bits per heavy atom. The number of aromatic nitrogens is 1. The van der Waals surface area contributed by atoms with Crippen molar-refractivity contribution in [3.05, 3.63) is 101 Å². The molecule has 194 valence electrons. The van der Waals surface area contributed by atoms with Gasteiger partial charge in [-0.1, -0.05) is 60.7 Å². The SMILES string of the molecule is O=C(O)CCCn1cc(CC(=O)O)c2c(C=Cc3ccc(OCC4Cc5ccccc5C4)cc3)cccc21. The van der Waals surface area contributed by atoms with E-state index in [1.54, 1.807) is 0 Å². The maximum atomic E-state index is 11.5. The topological polar surface area (TPSA) is 88.8 Å². The van der Waals surface area contributed by atoms with Gasteiger partial charge in [-0.15, -0.1) is 0 Å². The second-order valence-electron chi connectivity index (χ2n) is 9.91. The molecular formula is C32H31NO5. The first-order valence-electron chi connectivity index (χ1n) is 13.0. The molecule has 38 heavy (non-hydrogen) atoms. The average molecular weight is 510 g/mol. The van der Waals surface area contributed by atoms with Crippen LogP contribution in [-0.2, 0) is 35.4 Å². The summed E-state index contributed by atoms with van der Waals surface area (Å²) >= 11 is 0. The number of fused-ring (bicyclic) bond motifs is 2. The molecule has 0 radical (unpaired) electrons. The molecule has 1 aliphatic carbocycles. The number of carbonyl (C=O) groups is 2. The molecule has 2 N–H and O–H groups in total. The van der Waals surface area contributed by atoms with Crippen LogP contribution in [-0.4, -0.2) is 33.3 Å². The number of nitrogens with zero attached hydrogens (tertiary/aromatic N) is 1. The van der Waals surface area contributed by atoms with Gasteiger partial charge in [-0.3, -0.25) is 9.59 Å². The van der Waals surface area contributed by atoms with E-state index in [0.29, 0.717) is 25.5 Å². The summed E-state index contributed by atoms with van der Waals surface area (Å²) < 4.78 is 8.04. The lowest BCUT2D eigenvalue weighted by molar-refractivity contribution is -0.137. The normalized spacial score (nSPS) is 13.3. The van der Waals surface area contributed by atoms with Crippen molar-refractivity contribution in [3.8, 4) is 5.75 Å². The first kappa shape index (κ1) is 25.3. The zero-order valence-corrected chi connectivity index (χ0v) is 21.2. The predicted molar refractivity (Wildman–Crippen MR) is 148 cm³/mol. The number of benzene rings is 3. The largest absolute Gasteiger partial charge is 0.493 e. The van der Waals surface area contributed by atoms with Crippen molar-refractivity contribution in [2.45, 2.75) is 38.6 Å². The fourth-order valence-corrected chi connectivity index (χ4v) is 5.33. The van der Waals surface area contributed by atoms with Crippen LogP contribution in [0.3, 0.4) is 0 Å². The van der Waals surface area contributed by atoms with E-state index in [-0.39, 0.29) is 12.8 Å². The number of hydrogen-bond donors (Lipinski definition) is 2. The molecule has 6 nitrogen and oxygen atoms in total. The van der Waals surface area contributed by atoms with Crippen molar-refractivity contribution < 1.29 is 24.5 Å². The fraction of sp³-hybridized carbons (Fsp3) is 0.250. The molecule has 5 rings (SSSR count). The number of rotatable bonds is 11. The summed E-state index contributed by atoms with van der Waals surface area (Å²) in [6.07, 6.45) is 8.44. The molecule has 1 heterocycles. The lowest BCUT2D eigenvalue weighted by Crippen LogP contribution is -2.11. The maximum absolute atomic E-state index is 11.5. The van der Waals surface area contributed by atoms with Gasteiger partial charge in [0, 0.05) is 36.0 Å². The van der Waals surface area contributed by atoms with E-state index in [9.17, 15) is 14.7 Å². The lowest BCUT2D eigenvalue weighted by Gasteiger charge is -2.11. The summed E-state index contributed by atoms with van der Waals surface area (Å²) in [7, 11) is 0. The Hall–Kier alpha value is -4.32. The van der Waals surface area contributed by atoms with Crippen LogP contribution in [0.25, 0.3) is 23.1 Å². The van der Waals surface area contributed by atoms with E-state index in [4.69, 9.17) is 9.84 Å². The molecule has 6 heteroatoms. The van der Waals surface area contributed by atoms with Crippen molar-refractivity contribution in [2.75, 3.05) is 6.61 Å². The zero-order valence-electron chi connectivity index (χ0n) is 21.2. The molecule has 0 amide bonds. The van der Waals surface area contributed by atoms with Gasteiger partial charge in [-0.2, -0.15) is 0 Å². The third-order valence-electron chi connectivity index (χ3n) is 7.10. The minimum absolute atomic E-state index is 0.0710. The number of carboxylic acid groups (broad SMARTS) is 2. The molecule has 0 unspecified atom stereocenters. The van der Waals surface area contributed by atoms with Gasteiger partial charge in [-0.25, -0.2) is 0 Å². The Balaban J connectivity index is 1.28. The molecule has 0 saturated carbocycles. The van der Waals surface area contributed by atoms with E-state index in [1.165, 1.54) is 11.1 Å². The Morgan fingerprint density at radius 1 is 0.895 bits per heavy atom. The third kappa shape index (κ3) is 5.97. The molecular weight excluding hydrogens is 478 g/mol. The summed E-state index contributed by atoms with van der Waals surface area (Å²) in [6.45, 7) is 1.21. The van der Waals surface area contributed by atoms with Gasteiger partial charge in [-0.05, 0) is 65.3 Å². The van der Waals surface area contributed by atoms with Crippen LogP contribution < -0.4 is 4.74 Å². The van der Waals surface area contributed by atoms with Gasteiger partial charge in [0.05, 0.1) is 13.0 Å². The highest BCUT2D eigenvalue weighted by atomic mass is 16.5. The van der Waals surface area contributed by atoms with Gasteiger partial charge in [0.25, 0.3) is 0 Å². The van der Waals surface area contributed by atoms with Gasteiger partial charge in [0.15, 0.2) is 0 Å². The van der Waals surface area contributed by atoms with Crippen molar-refractivity contribution in [1.29, 1.82) is 0 Å². The summed E-state index contributed by atoms with van der Waals surface area (Å²) in [5.41, 5.74) is 6.44. The zero-order chi connectivity index (χ0) is 26.5. The summed E-state index contributed by atoms with van der Waals surface area (Å²) in [6, 6.07) is 22.5. The minimum atomic E-state index is -0.898. The molecule has 0 bridgehead atoms. The van der Waals surface area contributed by atoms with Crippen LogP contribution in [0.15, 0.2) is 72.9 Å². The van der Waals surface area contributed by atoms with Crippen LogP contribution in [0, 0.1) is 5.92 Å². The highest BCUT2D eigenvalue weighted by Gasteiger charge is 2.21. The third-order valence-corrected chi connectivity index (χ3v) is 7.10. The molecule has 0 atom stereocenters. The monoisotopic (exact) mass is 509 g/mol. The maximum Gasteiger partial charge on any atom is 0.307 e. The highest BCUT2D eigenvalue weighted by Crippen LogP contribution is 2.29. The quantitative estimate of drug-likeness (QED) is 0.239. The van der Waals surface area contributed by atoms with Gasteiger partial charge >= 0.3 is 11.9 Å². The number of aryl methyl sites for hydroxylation is 1. The molecule has 0 saturated heterocycles. The molecule has 4 aromatic rings. The van der Waals surface area contributed by atoms with Crippen LogP contribution >= 0.6 is 0 Å². The van der Waals surface area contributed by atoms with E-state index in [0.717, 1.165) is 46.2 Å². The standard InChI is InChI=1S/C32H31NO5/c34-30(35)9-4-16-33-20-27(19-31(36)37)32-24(7-3-8-29(32)33)13-10-22-11-14-28(15-12-22)38-21-23-17-25-5-1-2-6-26(25)18-23/h1-3,5-8,10-15,20,23H,4,9,16-19,21H2,(H,34,35)(H,36,37). The number of hydrogen-bond acceptors (Lipinski definition) is 3. The minimum Gasteiger partial charge on any atom is -0.493 e. The second kappa shape index (κ2) is 11.4. The smallest absolute Gasteiger partial charge is 0.307 e. The van der Waals surface area contributed by atoms with E-state index in [1.807, 2.05) is 65.4 Å². The average Bonchev–Trinajstić information content (AvgIpc) is 3.48. The van der Waals surface area contributed by atoms with Crippen molar-refractivity contribution in [3.63, 3.8) is 0 Å². The molecule has 0 fully saturated rings. The Kier molecular flexibility index (Phi) is 7.59. The molecule has 1 aromatic heterocycles. The van der Waals surface area contributed by atoms with Crippen LogP contribution in [0.5, 0.6) is 5.75 Å². The molecule has 0 spiro atoms. The summed E-state index contributed by atoms with van der Waals surface area (Å²) in [5.74, 6) is -0.381. The fourth-order valence-electron chi connectivity index (χ4n) is 5.33. The number of carboxylic acids is 2. The number of aliphatic carboxylic acids is 2. The molecule has 0 aliphatic heterocycles. The first-order chi connectivity index (χ1) is 18.5. The molecule has 3 aromatic carbocycles. The Morgan fingerprint density at radius 3 is 2.32 bits per heavy atom. The predicted octanol–water partition coefficient (Wildman–Crippen LogP) is 6.10. The summed E-state index contributed by atoms with van der Waals surface area (Å²) in [5, 5.41) is 19.3. The van der Waals surface area contributed by atoms with Gasteiger partial charge in [0.1, 0.15) is 5.75 Å². The number of ether oxygens (including phenoxy) is 1. The van der Waals surface area contributed by atoms with Crippen LogP contribution in [0.1, 0.15) is 40.7 Å². The molecule has 1 aliphatic rings. The Labute approximate surface area is 221 Å². The van der Waals surface area contributed by atoms with Gasteiger partial charge in [0.2, 0.25) is 0 Å². The van der Waals surface area contributed by atoms with Crippen molar-refractivity contribution >= 4 is 35.0 Å².